The summed E-state index contributed by atoms with van der Waals surface area (Å²) in [4.78, 5) is 18.8. The zero-order valence-electron chi connectivity index (χ0n) is 22.3. The van der Waals surface area contributed by atoms with E-state index in [4.69, 9.17) is 9.72 Å². The van der Waals surface area contributed by atoms with Crippen LogP contribution in [0.3, 0.4) is 0 Å². The number of hydrogen-bond acceptors (Lipinski definition) is 5. The van der Waals surface area contributed by atoms with Crippen molar-refractivity contribution in [3.63, 3.8) is 0 Å². The lowest BCUT2D eigenvalue weighted by molar-refractivity contribution is 0.379. The summed E-state index contributed by atoms with van der Waals surface area (Å²) in [5.41, 5.74) is 2.60. The molecular weight excluding hydrogens is 486 g/mol. The number of aryl methyl sites for hydroxylation is 1. The number of fused-ring (bicyclic) bond motifs is 1. The molecule has 0 N–H and O–H groups in total. The van der Waals surface area contributed by atoms with Gasteiger partial charge >= 0.3 is 0 Å². The maximum absolute atomic E-state index is 13.8. The van der Waals surface area contributed by atoms with Crippen molar-refractivity contribution in [1.29, 1.82) is 0 Å². The van der Waals surface area contributed by atoms with Gasteiger partial charge in [0, 0.05) is 7.05 Å². The fourth-order valence-electron chi connectivity index (χ4n) is 4.34. The Morgan fingerprint density at radius 3 is 2.16 bits per heavy atom. The topological polar surface area (TPSA) is 81.5 Å². The first-order valence-corrected chi connectivity index (χ1v) is 13.6. The Balaban J connectivity index is 1.87. The lowest BCUT2D eigenvalue weighted by Gasteiger charge is -2.27. The fraction of sp³-hybridized carbons (Fsp3) is 0.310. The molecule has 0 aliphatic heterocycles. The highest BCUT2D eigenvalue weighted by atomic mass is 32.2. The monoisotopic (exact) mass is 519 g/mol. The summed E-state index contributed by atoms with van der Waals surface area (Å²) in [5.74, 6) is 0.973. The third-order valence-electron chi connectivity index (χ3n) is 6.78. The molecule has 0 aliphatic carbocycles. The summed E-state index contributed by atoms with van der Waals surface area (Å²) in [7, 11) is -0.785. The number of sulfonamides is 1. The Morgan fingerprint density at radius 1 is 0.973 bits per heavy atom. The molecule has 0 amide bonds. The molecular formula is C29H33N3O4S. The second-order valence-electron chi connectivity index (χ2n) is 10.2. The molecule has 1 unspecified atom stereocenters. The summed E-state index contributed by atoms with van der Waals surface area (Å²) >= 11 is 0. The molecule has 1 atom stereocenters. The maximum atomic E-state index is 13.8. The quantitative estimate of drug-likeness (QED) is 0.342. The van der Waals surface area contributed by atoms with Crippen LogP contribution < -0.4 is 10.3 Å². The highest BCUT2D eigenvalue weighted by Crippen LogP contribution is 2.29. The van der Waals surface area contributed by atoms with E-state index in [-0.39, 0.29) is 15.9 Å². The predicted molar refractivity (Wildman–Crippen MR) is 147 cm³/mol. The van der Waals surface area contributed by atoms with Gasteiger partial charge in [-0.2, -0.15) is 4.31 Å². The van der Waals surface area contributed by atoms with Gasteiger partial charge in [0.2, 0.25) is 10.0 Å². The molecule has 8 heteroatoms. The van der Waals surface area contributed by atoms with Crippen LogP contribution in [0.25, 0.3) is 16.6 Å². The van der Waals surface area contributed by atoms with Crippen molar-refractivity contribution in [2.24, 2.45) is 0 Å². The third-order valence-corrected chi connectivity index (χ3v) is 8.72. The number of benzene rings is 3. The molecule has 1 heterocycles. The standard InChI is InChI=1S/C29H33N3O4S/c1-19-9-8-10-25-26(19)28(33)32(22-13-15-23(36-7)16-14-22)27(30-25)20(2)31(6)37(34,35)24-17-11-21(12-18-24)29(3,4)5/h8-18,20H,1-7H3. The summed E-state index contributed by atoms with van der Waals surface area (Å²) in [6.07, 6.45) is 0. The molecule has 7 nitrogen and oxygen atoms in total. The van der Waals surface area contributed by atoms with E-state index in [1.807, 2.05) is 31.2 Å². The van der Waals surface area contributed by atoms with Gasteiger partial charge in [-0.05, 0) is 72.9 Å². The van der Waals surface area contributed by atoms with Crippen LogP contribution in [0.5, 0.6) is 5.75 Å². The van der Waals surface area contributed by atoms with E-state index in [0.717, 1.165) is 11.1 Å². The molecule has 194 valence electrons. The molecule has 0 radical (unpaired) electrons. The normalized spacial score (nSPS) is 13.2. The molecule has 0 saturated heterocycles. The van der Waals surface area contributed by atoms with Crippen LogP contribution in [0.15, 0.2) is 76.4 Å². The Hall–Kier alpha value is -3.49. The van der Waals surface area contributed by atoms with E-state index in [1.54, 1.807) is 56.5 Å². The van der Waals surface area contributed by atoms with Gasteiger partial charge < -0.3 is 4.74 Å². The number of methoxy groups -OCH3 is 1. The Morgan fingerprint density at radius 2 is 1.59 bits per heavy atom. The van der Waals surface area contributed by atoms with E-state index in [0.29, 0.717) is 28.2 Å². The Labute approximate surface area is 218 Å². The summed E-state index contributed by atoms with van der Waals surface area (Å²) < 4.78 is 35.3. The highest BCUT2D eigenvalue weighted by Gasteiger charge is 2.30. The van der Waals surface area contributed by atoms with Gasteiger partial charge in [0.25, 0.3) is 5.56 Å². The van der Waals surface area contributed by atoms with E-state index < -0.39 is 16.1 Å². The summed E-state index contributed by atoms with van der Waals surface area (Å²) in [6, 6.07) is 18.7. The maximum Gasteiger partial charge on any atom is 0.266 e. The first-order valence-electron chi connectivity index (χ1n) is 12.1. The second-order valence-corrected chi connectivity index (χ2v) is 12.2. The fourth-order valence-corrected chi connectivity index (χ4v) is 5.66. The lowest BCUT2D eigenvalue weighted by atomic mass is 9.87. The van der Waals surface area contributed by atoms with Crippen LogP contribution in [-0.4, -0.2) is 36.4 Å². The smallest absolute Gasteiger partial charge is 0.266 e. The molecule has 0 fully saturated rings. The van der Waals surface area contributed by atoms with Crippen LogP contribution in [0.2, 0.25) is 0 Å². The van der Waals surface area contributed by atoms with Gasteiger partial charge in [0.15, 0.2) is 0 Å². The highest BCUT2D eigenvalue weighted by molar-refractivity contribution is 7.89. The van der Waals surface area contributed by atoms with Gasteiger partial charge in [0.05, 0.1) is 34.6 Å². The molecule has 0 saturated carbocycles. The zero-order valence-corrected chi connectivity index (χ0v) is 23.1. The first-order chi connectivity index (χ1) is 17.4. The van der Waals surface area contributed by atoms with Crippen molar-refractivity contribution in [2.45, 2.75) is 51.0 Å². The van der Waals surface area contributed by atoms with Crippen molar-refractivity contribution in [3.8, 4) is 11.4 Å². The Bertz CT molecular complexity index is 1600. The number of rotatable bonds is 6. The van der Waals surface area contributed by atoms with Gasteiger partial charge in [-0.25, -0.2) is 13.4 Å². The molecule has 0 spiro atoms. The van der Waals surface area contributed by atoms with E-state index >= 15 is 0 Å². The average Bonchev–Trinajstić information content (AvgIpc) is 2.87. The number of nitrogens with zero attached hydrogens (tertiary/aromatic N) is 3. The van der Waals surface area contributed by atoms with Gasteiger partial charge in [0.1, 0.15) is 11.6 Å². The molecule has 37 heavy (non-hydrogen) atoms. The number of ether oxygens (including phenoxy) is 1. The molecule has 1 aromatic heterocycles. The van der Waals surface area contributed by atoms with Crippen LogP contribution >= 0.6 is 0 Å². The van der Waals surface area contributed by atoms with E-state index in [1.165, 1.54) is 15.9 Å². The predicted octanol–water partition coefficient (Wildman–Crippen LogP) is 5.38. The minimum atomic E-state index is -3.87. The van der Waals surface area contributed by atoms with Gasteiger partial charge in [-0.15, -0.1) is 0 Å². The summed E-state index contributed by atoms with van der Waals surface area (Å²) in [6.45, 7) is 9.85. The van der Waals surface area contributed by atoms with Crippen molar-refractivity contribution in [2.75, 3.05) is 14.2 Å². The number of aromatic nitrogens is 2. The number of hydrogen-bond donors (Lipinski definition) is 0. The van der Waals surface area contributed by atoms with Crippen molar-refractivity contribution in [1.82, 2.24) is 13.9 Å². The van der Waals surface area contributed by atoms with Gasteiger partial charge in [-0.3, -0.25) is 9.36 Å². The van der Waals surface area contributed by atoms with Crippen LogP contribution in [0.1, 0.15) is 50.7 Å². The van der Waals surface area contributed by atoms with Crippen molar-refractivity contribution >= 4 is 20.9 Å². The molecule has 0 aliphatic rings. The molecule has 4 aromatic rings. The lowest BCUT2D eigenvalue weighted by Crippen LogP contribution is -2.35. The average molecular weight is 520 g/mol. The minimum Gasteiger partial charge on any atom is -0.497 e. The SMILES string of the molecule is COc1ccc(-n2c(C(C)N(C)S(=O)(=O)c3ccc(C(C)(C)C)cc3)nc3cccc(C)c3c2=O)cc1. The van der Waals surface area contributed by atoms with E-state index in [9.17, 15) is 13.2 Å². The largest absolute Gasteiger partial charge is 0.497 e. The molecule has 3 aromatic carbocycles. The molecule has 0 bridgehead atoms. The third kappa shape index (κ3) is 4.91. The van der Waals surface area contributed by atoms with Crippen LogP contribution in [-0.2, 0) is 15.4 Å². The van der Waals surface area contributed by atoms with Crippen molar-refractivity contribution in [3.05, 3.63) is 94.0 Å². The van der Waals surface area contributed by atoms with Gasteiger partial charge in [-0.1, -0.05) is 45.0 Å². The zero-order chi connectivity index (χ0) is 27.1. The van der Waals surface area contributed by atoms with Crippen molar-refractivity contribution < 1.29 is 13.2 Å². The summed E-state index contributed by atoms with van der Waals surface area (Å²) in [5, 5.41) is 0.498. The second kappa shape index (κ2) is 9.76. The minimum absolute atomic E-state index is 0.0942. The Kier molecular flexibility index (Phi) is 7.01. The first kappa shape index (κ1) is 26.6. The van der Waals surface area contributed by atoms with Crippen LogP contribution in [0, 0.1) is 6.92 Å². The van der Waals surface area contributed by atoms with Crippen LogP contribution in [0.4, 0.5) is 0 Å². The van der Waals surface area contributed by atoms with E-state index in [2.05, 4.69) is 20.8 Å². The molecule has 4 rings (SSSR count).